The van der Waals surface area contributed by atoms with Crippen LogP contribution >= 0.6 is 0 Å². The Morgan fingerprint density at radius 3 is 3.00 bits per heavy atom. The Morgan fingerprint density at radius 1 is 1.39 bits per heavy atom. The predicted octanol–water partition coefficient (Wildman–Crippen LogP) is 2.50. The molecule has 1 N–H and O–H groups in total. The Bertz CT molecular complexity index is 444. The van der Waals surface area contributed by atoms with Gasteiger partial charge in [-0.1, -0.05) is 13.3 Å². The quantitative estimate of drug-likeness (QED) is 0.867. The van der Waals surface area contributed by atoms with E-state index in [1.807, 2.05) is 0 Å². The molecule has 3 aliphatic rings. The van der Waals surface area contributed by atoms with Crippen molar-refractivity contribution in [1.29, 1.82) is 0 Å². The Balaban J connectivity index is 1.68. The van der Waals surface area contributed by atoms with Crippen LogP contribution in [0.25, 0.3) is 0 Å². The van der Waals surface area contributed by atoms with Gasteiger partial charge in [0, 0.05) is 29.9 Å². The number of nitrogens with one attached hydrogen (secondary N) is 1. The molecule has 0 spiro atoms. The summed E-state index contributed by atoms with van der Waals surface area (Å²) >= 11 is 0. The van der Waals surface area contributed by atoms with Crippen LogP contribution < -0.4 is 5.32 Å². The first-order valence-electron chi connectivity index (χ1n) is 7.49. The first-order valence-corrected chi connectivity index (χ1v) is 7.49. The van der Waals surface area contributed by atoms with E-state index in [2.05, 4.69) is 34.3 Å². The lowest BCUT2D eigenvalue weighted by molar-refractivity contribution is 0.309. The smallest absolute Gasteiger partial charge is 0.0951 e. The summed E-state index contributed by atoms with van der Waals surface area (Å²) < 4.78 is 2.54. The predicted molar refractivity (Wildman–Crippen MR) is 71.6 cm³/mol. The van der Waals surface area contributed by atoms with Crippen molar-refractivity contribution in [3.8, 4) is 0 Å². The maximum Gasteiger partial charge on any atom is 0.0951 e. The van der Waals surface area contributed by atoms with Gasteiger partial charge in [0.25, 0.3) is 0 Å². The lowest BCUT2D eigenvalue weighted by Crippen LogP contribution is -2.30. The van der Waals surface area contributed by atoms with Gasteiger partial charge in [-0.15, -0.1) is 0 Å². The normalized spacial score (nSPS) is 42.8. The summed E-state index contributed by atoms with van der Waals surface area (Å²) in [6.07, 6.45) is 11.3. The molecule has 4 rings (SSSR count). The van der Waals surface area contributed by atoms with Gasteiger partial charge in [-0.3, -0.25) is 0 Å². The Morgan fingerprint density at radius 2 is 2.33 bits per heavy atom. The molecule has 3 heteroatoms. The number of imidazole rings is 1. The molecule has 1 aliphatic heterocycles. The Labute approximate surface area is 109 Å². The van der Waals surface area contributed by atoms with E-state index in [1.54, 1.807) is 0 Å². The fraction of sp³-hybridized carbons (Fsp3) is 0.800. The van der Waals surface area contributed by atoms with Crippen molar-refractivity contribution in [2.75, 3.05) is 13.1 Å². The standard InChI is InChI=1S/C15H23N3/c1-15(4-5-16-9-15)14-8-17-10-18(14)13-7-11-2-3-12(13)6-11/h8,10-13,16H,2-7,9H2,1H3. The molecule has 0 amide bonds. The van der Waals surface area contributed by atoms with E-state index in [4.69, 9.17) is 0 Å². The molecule has 2 saturated carbocycles. The number of rotatable bonds is 2. The lowest BCUT2D eigenvalue weighted by atomic mass is 9.85. The van der Waals surface area contributed by atoms with Gasteiger partial charge in [-0.25, -0.2) is 4.98 Å². The number of hydrogen-bond acceptors (Lipinski definition) is 2. The monoisotopic (exact) mass is 245 g/mol. The van der Waals surface area contributed by atoms with E-state index in [0.717, 1.165) is 31.0 Å². The van der Waals surface area contributed by atoms with Crippen molar-refractivity contribution in [2.45, 2.75) is 50.5 Å². The van der Waals surface area contributed by atoms with E-state index in [0.29, 0.717) is 5.41 Å². The molecule has 0 aromatic carbocycles. The third-order valence-electron chi connectivity index (χ3n) is 5.71. The van der Waals surface area contributed by atoms with Crippen molar-refractivity contribution in [2.24, 2.45) is 11.8 Å². The topological polar surface area (TPSA) is 29.9 Å². The fourth-order valence-electron chi connectivity index (χ4n) is 4.62. The van der Waals surface area contributed by atoms with Gasteiger partial charge in [-0.2, -0.15) is 0 Å². The molecule has 4 unspecified atom stereocenters. The van der Waals surface area contributed by atoms with Crippen LogP contribution in [0, 0.1) is 11.8 Å². The third-order valence-corrected chi connectivity index (χ3v) is 5.71. The maximum absolute atomic E-state index is 4.48. The molecule has 98 valence electrons. The van der Waals surface area contributed by atoms with Crippen molar-refractivity contribution in [3.05, 3.63) is 18.2 Å². The van der Waals surface area contributed by atoms with Crippen LogP contribution in [-0.2, 0) is 5.41 Å². The minimum absolute atomic E-state index is 0.304. The summed E-state index contributed by atoms with van der Waals surface area (Å²) in [7, 11) is 0. The molecule has 2 aliphatic carbocycles. The van der Waals surface area contributed by atoms with Gasteiger partial charge in [0.15, 0.2) is 0 Å². The number of aromatic nitrogens is 2. The van der Waals surface area contributed by atoms with Crippen molar-refractivity contribution >= 4 is 0 Å². The lowest BCUT2D eigenvalue weighted by Gasteiger charge is -2.30. The molecule has 2 heterocycles. The van der Waals surface area contributed by atoms with Crippen LogP contribution in [0.5, 0.6) is 0 Å². The van der Waals surface area contributed by atoms with Gasteiger partial charge in [0.1, 0.15) is 0 Å². The molecule has 18 heavy (non-hydrogen) atoms. The second kappa shape index (κ2) is 3.83. The zero-order valence-electron chi connectivity index (χ0n) is 11.2. The highest BCUT2D eigenvalue weighted by molar-refractivity contribution is 5.19. The maximum atomic E-state index is 4.48. The number of nitrogens with zero attached hydrogens (tertiary/aromatic N) is 2. The third kappa shape index (κ3) is 1.49. The molecule has 4 atom stereocenters. The summed E-state index contributed by atoms with van der Waals surface area (Å²) in [4.78, 5) is 4.48. The number of fused-ring (bicyclic) bond motifs is 2. The fourth-order valence-corrected chi connectivity index (χ4v) is 4.62. The highest BCUT2D eigenvalue weighted by Crippen LogP contribution is 2.51. The molecule has 1 saturated heterocycles. The molecule has 1 aromatic rings. The first kappa shape index (κ1) is 11.0. The molecule has 1 aromatic heterocycles. The average molecular weight is 245 g/mol. The Kier molecular flexibility index (Phi) is 2.35. The zero-order chi connectivity index (χ0) is 12.2. The van der Waals surface area contributed by atoms with Crippen LogP contribution in [0.3, 0.4) is 0 Å². The molecule has 2 bridgehead atoms. The van der Waals surface area contributed by atoms with E-state index in [9.17, 15) is 0 Å². The molecular weight excluding hydrogens is 222 g/mol. The van der Waals surface area contributed by atoms with Crippen LogP contribution in [0.15, 0.2) is 12.5 Å². The average Bonchev–Trinajstić information content (AvgIpc) is 3.12. The summed E-state index contributed by atoms with van der Waals surface area (Å²) in [6.45, 7) is 4.66. The summed E-state index contributed by atoms with van der Waals surface area (Å²) in [5.41, 5.74) is 1.78. The van der Waals surface area contributed by atoms with E-state index < -0.39 is 0 Å². The van der Waals surface area contributed by atoms with Gasteiger partial charge < -0.3 is 9.88 Å². The van der Waals surface area contributed by atoms with E-state index in [1.165, 1.54) is 37.8 Å². The second-order valence-corrected chi connectivity index (χ2v) is 6.92. The van der Waals surface area contributed by atoms with Crippen LogP contribution in [0.1, 0.15) is 50.8 Å². The van der Waals surface area contributed by atoms with Gasteiger partial charge in [0.05, 0.1) is 6.33 Å². The number of hydrogen-bond donors (Lipinski definition) is 1. The largest absolute Gasteiger partial charge is 0.331 e. The molecular formula is C15H23N3. The summed E-state index contributed by atoms with van der Waals surface area (Å²) in [6, 6.07) is 0.749. The molecule has 3 nitrogen and oxygen atoms in total. The minimum atomic E-state index is 0.304. The first-order chi connectivity index (χ1) is 8.76. The van der Waals surface area contributed by atoms with Crippen LogP contribution in [0.4, 0.5) is 0 Å². The van der Waals surface area contributed by atoms with Gasteiger partial charge >= 0.3 is 0 Å². The SMILES string of the molecule is CC1(c2cncn2C2CC3CCC2C3)CCNC1. The zero-order valence-corrected chi connectivity index (χ0v) is 11.2. The van der Waals surface area contributed by atoms with Gasteiger partial charge in [0.2, 0.25) is 0 Å². The van der Waals surface area contributed by atoms with Crippen molar-refractivity contribution < 1.29 is 0 Å². The van der Waals surface area contributed by atoms with Gasteiger partial charge in [-0.05, 0) is 44.1 Å². The summed E-state index contributed by atoms with van der Waals surface area (Å²) in [5, 5.41) is 3.51. The van der Waals surface area contributed by atoms with Crippen molar-refractivity contribution in [1.82, 2.24) is 14.9 Å². The van der Waals surface area contributed by atoms with E-state index >= 15 is 0 Å². The molecule has 0 radical (unpaired) electrons. The van der Waals surface area contributed by atoms with E-state index in [-0.39, 0.29) is 0 Å². The second-order valence-electron chi connectivity index (χ2n) is 6.92. The highest BCUT2D eigenvalue weighted by Gasteiger charge is 2.43. The summed E-state index contributed by atoms with van der Waals surface area (Å²) in [5.74, 6) is 1.94. The molecule has 3 fully saturated rings. The van der Waals surface area contributed by atoms with Crippen LogP contribution in [0.2, 0.25) is 0 Å². The highest BCUT2D eigenvalue weighted by atomic mass is 15.1. The minimum Gasteiger partial charge on any atom is -0.331 e. The Hall–Kier alpha value is -0.830. The van der Waals surface area contributed by atoms with Crippen LogP contribution in [-0.4, -0.2) is 22.6 Å². The van der Waals surface area contributed by atoms with Crippen molar-refractivity contribution in [3.63, 3.8) is 0 Å².